The molecule has 0 aromatic rings. The van der Waals surface area contributed by atoms with Gasteiger partial charge in [0.1, 0.15) is 0 Å². The van der Waals surface area contributed by atoms with E-state index in [9.17, 15) is 0 Å². The van der Waals surface area contributed by atoms with Gasteiger partial charge in [-0.2, -0.15) is 0 Å². The molecule has 18 heavy (non-hydrogen) atoms. The molecule has 1 saturated carbocycles. The van der Waals surface area contributed by atoms with Gasteiger partial charge < -0.3 is 15.4 Å². The summed E-state index contributed by atoms with van der Waals surface area (Å²) in [4.78, 5) is 2.49. The van der Waals surface area contributed by atoms with Crippen molar-refractivity contribution in [2.75, 3.05) is 33.4 Å². The summed E-state index contributed by atoms with van der Waals surface area (Å²) in [7, 11) is 1.78. The Hall–Kier alpha value is -0.120. The van der Waals surface area contributed by atoms with Crippen molar-refractivity contribution in [1.29, 1.82) is 0 Å². The third-order valence-electron chi connectivity index (χ3n) is 4.40. The molecule has 108 valence electrons. The molecule has 3 atom stereocenters. The normalized spacial score (nSPS) is 28.8. The van der Waals surface area contributed by atoms with Crippen molar-refractivity contribution in [3.8, 4) is 0 Å². The van der Waals surface area contributed by atoms with E-state index in [-0.39, 0.29) is 0 Å². The summed E-state index contributed by atoms with van der Waals surface area (Å²) >= 11 is 0. The van der Waals surface area contributed by atoms with Gasteiger partial charge in [0.05, 0.1) is 6.61 Å². The summed E-state index contributed by atoms with van der Waals surface area (Å²) in [6, 6.07) is 0.412. The van der Waals surface area contributed by atoms with E-state index < -0.39 is 0 Å². The van der Waals surface area contributed by atoms with Gasteiger partial charge in [-0.25, -0.2) is 0 Å². The second-order valence-electron chi connectivity index (χ2n) is 5.78. The summed E-state index contributed by atoms with van der Waals surface area (Å²) in [5.41, 5.74) is 6.31. The van der Waals surface area contributed by atoms with Crippen LogP contribution >= 0.6 is 0 Å². The summed E-state index contributed by atoms with van der Waals surface area (Å²) in [5.74, 6) is 1.60. The fourth-order valence-corrected chi connectivity index (χ4v) is 3.20. The van der Waals surface area contributed by atoms with Crippen LogP contribution in [0.2, 0.25) is 0 Å². The molecule has 1 fully saturated rings. The van der Waals surface area contributed by atoms with Gasteiger partial charge in [-0.15, -0.1) is 0 Å². The highest BCUT2D eigenvalue weighted by Gasteiger charge is 2.28. The van der Waals surface area contributed by atoms with Crippen molar-refractivity contribution in [2.45, 2.75) is 52.0 Å². The molecule has 1 aliphatic rings. The first-order valence-electron chi connectivity index (χ1n) is 7.68. The quantitative estimate of drug-likeness (QED) is 0.725. The highest BCUT2D eigenvalue weighted by Crippen LogP contribution is 2.31. The fourth-order valence-electron chi connectivity index (χ4n) is 3.20. The Morgan fingerprint density at radius 1 is 1.28 bits per heavy atom. The maximum Gasteiger partial charge on any atom is 0.0589 e. The van der Waals surface area contributed by atoms with Crippen molar-refractivity contribution >= 4 is 0 Å². The van der Waals surface area contributed by atoms with Crippen LogP contribution in [0.3, 0.4) is 0 Å². The molecule has 3 nitrogen and oxygen atoms in total. The molecule has 2 N–H and O–H groups in total. The van der Waals surface area contributed by atoms with Crippen molar-refractivity contribution in [3.05, 3.63) is 0 Å². The Labute approximate surface area is 113 Å². The average molecular weight is 256 g/mol. The van der Waals surface area contributed by atoms with Gasteiger partial charge in [0.25, 0.3) is 0 Å². The zero-order valence-electron chi connectivity index (χ0n) is 12.5. The Balaban J connectivity index is 2.40. The van der Waals surface area contributed by atoms with Crippen LogP contribution in [0.15, 0.2) is 0 Å². The molecule has 0 aromatic carbocycles. The Bertz CT molecular complexity index is 211. The van der Waals surface area contributed by atoms with Gasteiger partial charge in [-0.3, -0.25) is 0 Å². The van der Waals surface area contributed by atoms with Crippen LogP contribution < -0.4 is 5.73 Å². The van der Waals surface area contributed by atoms with Crippen LogP contribution in [0.5, 0.6) is 0 Å². The fraction of sp³-hybridized carbons (Fsp3) is 1.00. The molecule has 0 radical (unpaired) electrons. The minimum absolute atomic E-state index is 0.412. The van der Waals surface area contributed by atoms with Gasteiger partial charge in [0.2, 0.25) is 0 Å². The Kier molecular flexibility index (Phi) is 7.87. The van der Waals surface area contributed by atoms with E-state index in [1.165, 1.54) is 32.1 Å². The second-order valence-corrected chi connectivity index (χ2v) is 5.78. The lowest BCUT2D eigenvalue weighted by Gasteiger charge is -2.37. The van der Waals surface area contributed by atoms with Crippen molar-refractivity contribution in [3.63, 3.8) is 0 Å². The minimum atomic E-state index is 0.412. The first-order valence-corrected chi connectivity index (χ1v) is 7.68. The summed E-state index contributed by atoms with van der Waals surface area (Å²) in [6.07, 6.45) is 6.59. The molecular formula is C15H32N2O. The molecule has 0 aromatic heterocycles. The third-order valence-corrected chi connectivity index (χ3v) is 4.40. The van der Waals surface area contributed by atoms with Crippen LogP contribution in [0, 0.1) is 11.8 Å². The molecule has 0 bridgehead atoms. The van der Waals surface area contributed by atoms with E-state index in [4.69, 9.17) is 10.5 Å². The van der Waals surface area contributed by atoms with E-state index in [1.807, 2.05) is 0 Å². The van der Waals surface area contributed by atoms with Crippen molar-refractivity contribution in [1.82, 2.24) is 4.90 Å². The Morgan fingerprint density at radius 2 is 2.06 bits per heavy atom. The van der Waals surface area contributed by atoms with Crippen molar-refractivity contribution in [2.24, 2.45) is 17.6 Å². The zero-order chi connectivity index (χ0) is 13.4. The van der Waals surface area contributed by atoms with E-state index in [0.29, 0.717) is 12.0 Å². The predicted molar refractivity (Wildman–Crippen MR) is 77.7 cm³/mol. The lowest BCUT2D eigenvalue weighted by Crippen LogP contribution is -2.43. The van der Waals surface area contributed by atoms with Gasteiger partial charge in [0.15, 0.2) is 0 Å². The lowest BCUT2D eigenvalue weighted by molar-refractivity contribution is 0.116. The average Bonchev–Trinajstić information content (AvgIpc) is 2.38. The monoisotopic (exact) mass is 256 g/mol. The third kappa shape index (κ3) is 5.25. The lowest BCUT2D eigenvalue weighted by atomic mass is 9.76. The number of hydrogen-bond acceptors (Lipinski definition) is 3. The number of hydrogen-bond donors (Lipinski definition) is 1. The molecule has 3 unspecified atom stereocenters. The summed E-state index contributed by atoms with van der Waals surface area (Å²) in [6.45, 7) is 8.64. The van der Waals surface area contributed by atoms with Gasteiger partial charge in [0, 0.05) is 26.2 Å². The number of methoxy groups -OCH3 is 1. The Morgan fingerprint density at radius 3 is 2.67 bits per heavy atom. The topological polar surface area (TPSA) is 38.5 Å². The maximum atomic E-state index is 6.31. The molecule has 3 heteroatoms. The summed E-state index contributed by atoms with van der Waals surface area (Å²) < 4.78 is 5.18. The largest absolute Gasteiger partial charge is 0.383 e. The first-order chi connectivity index (χ1) is 8.71. The van der Waals surface area contributed by atoms with Gasteiger partial charge in [-0.05, 0) is 37.6 Å². The number of nitrogens with two attached hydrogens (primary N) is 1. The van der Waals surface area contributed by atoms with Crippen LogP contribution in [-0.2, 0) is 4.74 Å². The van der Waals surface area contributed by atoms with Crippen LogP contribution in [-0.4, -0.2) is 44.3 Å². The molecule has 0 spiro atoms. The highest BCUT2D eigenvalue weighted by molar-refractivity contribution is 4.84. The number of likely N-dealkylation sites (N-methyl/N-ethyl adjacent to an activating group) is 1. The van der Waals surface area contributed by atoms with E-state index in [1.54, 1.807) is 7.11 Å². The van der Waals surface area contributed by atoms with E-state index in [0.717, 1.165) is 32.2 Å². The molecule has 0 saturated heterocycles. The maximum absolute atomic E-state index is 6.31. The minimum Gasteiger partial charge on any atom is -0.383 e. The number of ether oxygens (including phenoxy) is 1. The highest BCUT2D eigenvalue weighted by atomic mass is 16.5. The van der Waals surface area contributed by atoms with Gasteiger partial charge in [-0.1, -0.05) is 26.7 Å². The zero-order valence-corrected chi connectivity index (χ0v) is 12.5. The SMILES string of the molecule is CCCC1CCC(N)C(CN(CC)CCOC)C1. The first kappa shape index (κ1) is 15.9. The predicted octanol–water partition coefficient (Wildman–Crippen LogP) is 2.50. The van der Waals surface area contributed by atoms with Crippen LogP contribution in [0.25, 0.3) is 0 Å². The molecule has 0 amide bonds. The van der Waals surface area contributed by atoms with E-state index >= 15 is 0 Å². The summed E-state index contributed by atoms with van der Waals surface area (Å²) in [5, 5.41) is 0. The number of nitrogens with zero attached hydrogens (tertiary/aromatic N) is 1. The number of rotatable bonds is 8. The second kappa shape index (κ2) is 8.89. The van der Waals surface area contributed by atoms with Crippen LogP contribution in [0.1, 0.15) is 46.0 Å². The molecule has 0 aliphatic heterocycles. The molecular weight excluding hydrogens is 224 g/mol. The van der Waals surface area contributed by atoms with Crippen LogP contribution in [0.4, 0.5) is 0 Å². The smallest absolute Gasteiger partial charge is 0.0589 e. The van der Waals surface area contributed by atoms with Gasteiger partial charge >= 0.3 is 0 Å². The van der Waals surface area contributed by atoms with E-state index in [2.05, 4.69) is 18.7 Å². The molecule has 1 rings (SSSR count). The molecule has 0 heterocycles. The molecule has 1 aliphatic carbocycles. The standard InChI is InChI=1S/C15H32N2O/c1-4-6-13-7-8-15(16)14(11-13)12-17(5-2)9-10-18-3/h13-15H,4-12,16H2,1-3H3. The van der Waals surface area contributed by atoms with Crippen molar-refractivity contribution < 1.29 is 4.74 Å².